The molecule has 0 heterocycles. The van der Waals surface area contributed by atoms with Crippen molar-refractivity contribution in [2.75, 3.05) is 7.11 Å². The maximum atomic E-state index is 12.2. The Morgan fingerprint density at radius 2 is 1.79 bits per heavy atom. The third-order valence-electron chi connectivity index (χ3n) is 4.49. The van der Waals surface area contributed by atoms with E-state index >= 15 is 0 Å². The van der Waals surface area contributed by atoms with Gasteiger partial charge in [0.05, 0.1) is 18.1 Å². The molecule has 2 aliphatic rings. The van der Waals surface area contributed by atoms with Gasteiger partial charge in [0.2, 0.25) is 5.91 Å². The van der Waals surface area contributed by atoms with Crippen LogP contribution in [0, 0.1) is 11.8 Å². The van der Waals surface area contributed by atoms with Crippen molar-refractivity contribution in [1.82, 2.24) is 5.32 Å². The molecule has 0 spiro atoms. The summed E-state index contributed by atoms with van der Waals surface area (Å²) < 4.78 is 5.42. The Hall–Kier alpha value is -1.10. The summed E-state index contributed by atoms with van der Waals surface area (Å²) in [6, 6.07) is 0.0927. The minimum absolute atomic E-state index is 0.0118. The molecule has 0 radical (unpaired) electrons. The molecule has 0 saturated heterocycles. The Balaban J connectivity index is 1.85. The molecule has 2 aliphatic carbocycles. The van der Waals surface area contributed by atoms with Crippen LogP contribution >= 0.6 is 0 Å². The number of ether oxygens (including phenoxy) is 1. The van der Waals surface area contributed by atoms with Gasteiger partial charge in [-0.15, -0.1) is 0 Å². The SMILES string of the molecule is CO[C@H]1CCCC[C@@H]1NC(=O)[C@@H]1CC[C@H](C(=O)O)C1. The maximum Gasteiger partial charge on any atom is 0.306 e. The molecule has 0 bridgehead atoms. The van der Waals surface area contributed by atoms with Gasteiger partial charge in [-0.1, -0.05) is 12.8 Å². The Kier molecular flexibility index (Phi) is 4.80. The summed E-state index contributed by atoms with van der Waals surface area (Å²) in [5.41, 5.74) is 0. The normalized spacial score (nSPS) is 35.0. The van der Waals surface area contributed by atoms with Gasteiger partial charge in [0.15, 0.2) is 0 Å². The van der Waals surface area contributed by atoms with Gasteiger partial charge in [-0.2, -0.15) is 0 Å². The molecule has 4 atom stereocenters. The van der Waals surface area contributed by atoms with Gasteiger partial charge in [0.1, 0.15) is 0 Å². The molecule has 0 aromatic carbocycles. The molecule has 2 rings (SSSR count). The largest absolute Gasteiger partial charge is 0.481 e. The maximum absolute atomic E-state index is 12.2. The van der Waals surface area contributed by atoms with Crippen LogP contribution in [0.3, 0.4) is 0 Å². The lowest BCUT2D eigenvalue weighted by molar-refractivity contribution is -0.141. The second kappa shape index (κ2) is 6.37. The molecule has 0 aromatic heterocycles. The molecule has 19 heavy (non-hydrogen) atoms. The molecule has 0 unspecified atom stereocenters. The fourth-order valence-electron chi connectivity index (χ4n) is 3.29. The number of carboxylic acids is 1. The summed E-state index contributed by atoms with van der Waals surface area (Å²) in [5.74, 6) is -1.25. The lowest BCUT2D eigenvalue weighted by Crippen LogP contribution is -2.47. The number of aliphatic carboxylic acids is 1. The predicted octanol–water partition coefficient (Wildman–Crippen LogP) is 1.56. The number of carboxylic acid groups (broad SMARTS) is 1. The Morgan fingerprint density at radius 1 is 1.11 bits per heavy atom. The van der Waals surface area contributed by atoms with Crippen molar-refractivity contribution in [1.29, 1.82) is 0 Å². The smallest absolute Gasteiger partial charge is 0.306 e. The number of carbonyl (C=O) groups excluding carboxylic acids is 1. The number of nitrogens with one attached hydrogen (secondary N) is 1. The molecule has 2 fully saturated rings. The van der Waals surface area contributed by atoms with E-state index in [0.717, 1.165) is 25.7 Å². The topological polar surface area (TPSA) is 75.6 Å². The van der Waals surface area contributed by atoms with Crippen LogP contribution < -0.4 is 5.32 Å². The number of carbonyl (C=O) groups is 2. The quantitative estimate of drug-likeness (QED) is 0.812. The van der Waals surface area contributed by atoms with E-state index in [-0.39, 0.29) is 29.9 Å². The Labute approximate surface area is 113 Å². The van der Waals surface area contributed by atoms with Crippen LogP contribution in [0.1, 0.15) is 44.9 Å². The molecular weight excluding hydrogens is 246 g/mol. The second-order valence-corrected chi connectivity index (χ2v) is 5.72. The molecule has 0 aromatic rings. The minimum Gasteiger partial charge on any atom is -0.481 e. The van der Waals surface area contributed by atoms with Crippen LogP contribution in [0.2, 0.25) is 0 Å². The Morgan fingerprint density at radius 3 is 2.42 bits per heavy atom. The summed E-state index contributed by atoms with van der Waals surface area (Å²) in [6.07, 6.45) is 6.10. The fraction of sp³-hybridized carbons (Fsp3) is 0.857. The molecule has 1 amide bonds. The summed E-state index contributed by atoms with van der Waals surface area (Å²) in [7, 11) is 1.69. The molecule has 5 nitrogen and oxygen atoms in total. The summed E-state index contributed by atoms with van der Waals surface area (Å²) >= 11 is 0. The van der Waals surface area contributed by atoms with Crippen molar-refractivity contribution in [2.45, 2.75) is 57.1 Å². The fourth-order valence-corrected chi connectivity index (χ4v) is 3.29. The zero-order valence-electron chi connectivity index (χ0n) is 11.4. The van der Waals surface area contributed by atoms with Crippen LogP contribution in [0.25, 0.3) is 0 Å². The summed E-state index contributed by atoms with van der Waals surface area (Å²) in [5, 5.41) is 12.0. The van der Waals surface area contributed by atoms with E-state index in [2.05, 4.69) is 5.32 Å². The highest BCUT2D eigenvalue weighted by Crippen LogP contribution is 2.31. The van der Waals surface area contributed by atoms with E-state index in [0.29, 0.717) is 19.3 Å². The van der Waals surface area contributed by atoms with Crippen molar-refractivity contribution in [2.24, 2.45) is 11.8 Å². The number of hydrogen-bond donors (Lipinski definition) is 2. The van der Waals surface area contributed by atoms with Crippen LogP contribution in [-0.4, -0.2) is 36.2 Å². The first-order valence-electron chi connectivity index (χ1n) is 7.17. The van der Waals surface area contributed by atoms with Gasteiger partial charge in [0, 0.05) is 13.0 Å². The molecular formula is C14H23NO4. The van der Waals surface area contributed by atoms with Crippen LogP contribution in [0.4, 0.5) is 0 Å². The highest BCUT2D eigenvalue weighted by Gasteiger charge is 2.35. The molecule has 0 aliphatic heterocycles. The highest BCUT2D eigenvalue weighted by atomic mass is 16.5. The first kappa shape index (κ1) is 14.3. The number of rotatable bonds is 4. The van der Waals surface area contributed by atoms with Gasteiger partial charge in [-0.25, -0.2) is 0 Å². The lowest BCUT2D eigenvalue weighted by Gasteiger charge is -2.31. The van der Waals surface area contributed by atoms with Crippen LogP contribution in [-0.2, 0) is 14.3 Å². The summed E-state index contributed by atoms with van der Waals surface area (Å²) in [6.45, 7) is 0. The van der Waals surface area contributed by atoms with Gasteiger partial charge < -0.3 is 15.2 Å². The number of amides is 1. The van der Waals surface area contributed by atoms with Crippen molar-refractivity contribution in [3.63, 3.8) is 0 Å². The van der Waals surface area contributed by atoms with Gasteiger partial charge in [-0.05, 0) is 32.1 Å². The van der Waals surface area contributed by atoms with Crippen molar-refractivity contribution >= 4 is 11.9 Å². The molecule has 5 heteroatoms. The van der Waals surface area contributed by atoms with Gasteiger partial charge >= 0.3 is 5.97 Å². The average Bonchev–Trinajstić information content (AvgIpc) is 2.89. The number of hydrogen-bond acceptors (Lipinski definition) is 3. The monoisotopic (exact) mass is 269 g/mol. The van der Waals surface area contributed by atoms with Crippen molar-refractivity contribution in [3.8, 4) is 0 Å². The third-order valence-corrected chi connectivity index (χ3v) is 4.49. The zero-order valence-corrected chi connectivity index (χ0v) is 11.4. The van der Waals surface area contributed by atoms with E-state index in [1.165, 1.54) is 0 Å². The number of methoxy groups -OCH3 is 1. The van der Waals surface area contributed by atoms with Gasteiger partial charge in [-0.3, -0.25) is 9.59 Å². The van der Waals surface area contributed by atoms with Crippen molar-refractivity contribution < 1.29 is 19.4 Å². The minimum atomic E-state index is -0.775. The van der Waals surface area contributed by atoms with Gasteiger partial charge in [0.25, 0.3) is 0 Å². The lowest BCUT2D eigenvalue weighted by atomic mass is 9.91. The predicted molar refractivity (Wildman–Crippen MR) is 69.7 cm³/mol. The third kappa shape index (κ3) is 3.47. The zero-order chi connectivity index (χ0) is 13.8. The standard InChI is InChI=1S/C14H23NO4/c1-19-12-5-3-2-4-11(12)15-13(16)9-6-7-10(8-9)14(17)18/h9-12H,2-8H2,1H3,(H,15,16)(H,17,18)/t9-,10+,11+,12+/m1/s1. The van der Waals surface area contributed by atoms with E-state index in [4.69, 9.17) is 9.84 Å². The van der Waals surface area contributed by atoms with E-state index in [1.54, 1.807) is 7.11 Å². The molecule has 108 valence electrons. The van der Waals surface area contributed by atoms with Crippen molar-refractivity contribution in [3.05, 3.63) is 0 Å². The Bertz CT molecular complexity index is 344. The van der Waals surface area contributed by atoms with E-state index in [1.807, 2.05) is 0 Å². The second-order valence-electron chi connectivity index (χ2n) is 5.72. The van der Waals surface area contributed by atoms with E-state index in [9.17, 15) is 9.59 Å². The molecule has 2 saturated carbocycles. The van der Waals surface area contributed by atoms with Crippen LogP contribution in [0.5, 0.6) is 0 Å². The average molecular weight is 269 g/mol. The first-order chi connectivity index (χ1) is 9.11. The first-order valence-corrected chi connectivity index (χ1v) is 7.17. The summed E-state index contributed by atoms with van der Waals surface area (Å²) in [4.78, 5) is 23.1. The molecule has 2 N–H and O–H groups in total. The van der Waals surface area contributed by atoms with Crippen LogP contribution in [0.15, 0.2) is 0 Å². The van der Waals surface area contributed by atoms with E-state index < -0.39 is 5.97 Å². The highest BCUT2D eigenvalue weighted by molar-refractivity contribution is 5.81.